The van der Waals surface area contributed by atoms with Gasteiger partial charge in [0.1, 0.15) is 12.6 Å². The Hall–Kier alpha value is -4.38. The first-order chi connectivity index (χ1) is 19.8. The van der Waals surface area contributed by atoms with Gasteiger partial charge in [0.05, 0.1) is 18.3 Å². The third-order valence-electron chi connectivity index (χ3n) is 6.70. The molecule has 1 aliphatic rings. The summed E-state index contributed by atoms with van der Waals surface area (Å²) in [6.07, 6.45) is 3.51. The average molecular weight is 575 g/mol. The van der Waals surface area contributed by atoms with Crippen LogP contribution in [0.4, 0.5) is 5.69 Å². The number of Topliss-reactive ketones (excluding diaryl/α,β-unsaturated/α-hetero) is 1. The minimum atomic E-state index is -0.833. The second-order valence-electron chi connectivity index (χ2n) is 9.86. The van der Waals surface area contributed by atoms with E-state index in [2.05, 4.69) is 20.6 Å². The molecule has 4 rings (SSSR count). The second kappa shape index (κ2) is 14.3. The number of hydrogen-bond acceptors (Lipinski definition) is 7. The summed E-state index contributed by atoms with van der Waals surface area (Å²) in [5, 5.41) is 7.69. The molecule has 10 nitrogen and oxygen atoms in total. The number of aliphatic imine (C=N–C) groups is 1. The molecule has 4 N–H and O–H groups in total. The number of nitrogens with zero attached hydrogens (tertiary/aromatic N) is 3. The average Bonchev–Trinajstić information content (AvgIpc) is 3.47. The number of amides is 3. The lowest BCUT2D eigenvalue weighted by Crippen LogP contribution is -2.52. The van der Waals surface area contributed by atoms with Crippen molar-refractivity contribution < 1.29 is 19.2 Å². The molecule has 0 saturated carbocycles. The van der Waals surface area contributed by atoms with Crippen molar-refractivity contribution in [3.05, 3.63) is 82.3 Å². The molecule has 1 aliphatic heterocycles. The number of thiazole rings is 1. The Bertz CT molecular complexity index is 1390. The second-order valence-corrected chi connectivity index (χ2v) is 10.8. The molecule has 0 fully saturated rings. The van der Waals surface area contributed by atoms with Crippen molar-refractivity contribution in [2.75, 3.05) is 18.0 Å². The normalized spacial score (nSPS) is 15.9. The van der Waals surface area contributed by atoms with Gasteiger partial charge in [0.2, 0.25) is 23.5 Å². The number of carbonyl (C=O) groups excluding carboxylic acids is 4. The van der Waals surface area contributed by atoms with Crippen LogP contribution in [0, 0.1) is 0 Å². The fraction of sp³-hybridized carbons (Fsp3) is 0.333. The molecule has 0 saturated heterocycles. The zero-order valence-electron chi connectivity index (χ0n) is 22.9. The fourth-order valence-corrected chi connectivity index (χ4v) is 5.37. The third-order valence-corrected chi connectivity index (χ3v) is 7.49. The molecule has 3 amide bonds. The Morgan fingerprint density at radius 2 is 1.88 bits per heavy atom. The molecule has 3 aromatic rings. The molecule has 2 aromatic carbocycles. The molecular formula is C30H34N6O4S. The van der Waals surface area contributed by atoms with Crippen LogP contribution in [0.1, 0.15) is 47.1 Å². The van der Waals surface area contributed by atoms with E-state index >= 15 is 0 Å². The van der Waals surface area contributed by atoms with Crippen molar-refractivity contribution in [3.8, 4) is 0 Å². The van der Waals surface area contributed by atoms with Gasteiger partial charge in [0.25, 0.3) is 0 Å². The van der Waals surface area contributed by atoms with E-state index in [1.165, 1.54) is 22.4 Å². The van der Waals surface area contributed by atoms with Crippen LogP contribution in [0.5, 0.6) is 0 Å². The standard InChI is InChI=1S/C30H34N6O4S/c1-20(31)32-15-7-11-23(28(39)29-33-16-17-41-29)34-27(38)19-36-25-12-6-5-10-22(25)13-14-24(30(36)40)35-26(37)18-21-8-3-2-4-9-21/h2-6,8-10,12,16-17,23-24H,7,11,13-15,18-19H2,1H3,(H2,31,32)(H,34,38)(H,35,37)/t23-,24?/m0/s1. The van der Waals surface area contributed by atoms with Gasteiger partial charge >= 0.3 is 0 Å². The molecule has 2 atom stereocenters. The van der Waals surface area contributed by atoms with Gasteiger partial charge in [-0.3, -0.25) is 24.2 Å². The van der Waals surface area contributed by atoms with Crippen LogP contribution >= 0.6 is 11.3 Å². The molecule has 1 aromatic heterocycles. The van der Waals surface area contributed by atoms with Gasteiger partial charge in [-0.2, -0.15) is 0 Å². The van der Waals surface area contributed by atoms with Gasteiger partial charge in [-0.15, -0.1) is 11.3 Å². The Kier molecular flexibility index (Phi) is 10.3. The maximum absolute atomic E-state index is 13.7. The summed E-state index contributed by atoms with van der Waals surface area (Å²) in [5.74, 6) is -0.981. The van der Waals surface area contributed by atoms with Crippen LogP contribution < -0.4 is 21.3 Å². The third kappa shape index (κ3) is 8.31. The molecule has 0 aliphatic carbocycles. The number of anilines is 1. The van der Waals surface area contributed by atoms with E-state index in [4.69, 9.17) is 5.73 Å². The first kappa shape index (κ1) is 29.6. The number of ketones is 1. The SMILES string of the molecule is CC(N)=NCCC[C@H](NC(=O)CN1C(=O)C(NC(=O)Cc2ccccc2)CCc2ccccc21)C(=O)c1nccs1. The topological polar surface area (TPSA) is 147 Å². The molecule has 0 radical (unpaired) electrons. The van der Waals surface area contributed by atoms with Crippen molar-refractivity contribution in [2.45, 2.75) is 51.1 Å². The zero-order valence-corrected chi connectivity index (χ0v) is 23.7. The monoisotopic (exact) mass is 574 g/mol. The van der Waals surface area contributed by atoms with Crippen LogP contribution in [0.3, 0.4) is 0 Å². The lowest BCUT2D eigenvalue weighted by molar-refractivity contribution is -0.128. The predicted molar refractivity (Wildman–Crippen MR) is 159 cm³/mol. The molecular weight excluding hydrogens is 540 g/mol. The molecule has 2 heterocycles. The maximum atomic E-state index is 13.7. The van der Waals surface area contributed by atoms with Crippen molar-refractivity contribution in [3.63, 3.8) is 0 Å². The maximum Gasteiger partial charge on any atom is 0.250 e. The lowest BCUT2D eigenvalue weighted by Gasteiger charge is -2.27. The number of rotatable bonds is 12. The number of benzene rings is 2. The Morgan fingerprint density at radius 3 is 2.61 bits per heavy atom. The first-order valence-electron chi connectivity index (χ1n) is 13.5. The minimum absolute atomic E-state index is 0.145. The number of carbonyl (C=O) groups is 4. The van der Waals surface area contributed by atoms with Gasteiger partial charge in [0.15, 0.2) is 5.01 Å². The molecule has 0 spiro atoms. The highest BCUT2D eigenvalue weighted by atomic mass is 32.1. The van der Waals surface area contributed by atoms with E-state index < -0.39 is 18.0 Å². The van der Waals surface area contributed by atoms with Crippen LogP contribution in [0.2, 0.25) is 0 Å². The van der Waals surface area contributed by atoms with Crippen molar-refractivity contribution in [1.82, 2.24) is 15.6 Å². The summed E-state index contributed by atoms with van der Waals surface area (Å²) in [7, 11) is 0. The fourth-order valence-electron chi connectivity index (χ4n) is 4.74. The molecule has 11 heteroatoms. The number of amidine groups is 1. The molecule has 41 heavy (non-hydrogen) atoms. The summed E-state index contributed by atoms with van der Waals surface area (Å²) in [4.78, 5) is 62.7. The Labute approximate surface area is 243 Å². The number of aryl methyl sites for hydroxylation is 1. The number of nitrogens with two attached hydrogens (primary N) is 1. The van der Waals surface area contributed by atoms with Gasteiger partial charge in [-0.25, -0.2) is 4.98 Å². The highest BCUT2D eigenvalue weighted by Crippen LogP contribution is 2.27. The van der Waals surface area contributed by atoms with Gasteiger partial charge in [0, 0.05) is 23.8 Å². The number of fused-ring (bicyclic) bond motifs is 1. The van der Waals surface area contributed by atoms with E-state index in [1.807, 2.05) is 42.5 Å². The largest absolute Gasteiger partial charge is 0.388 e. The van der Waals surface area contributed by atoms with E-state index in [0.29, 0.717) is 48.8 Å². The highest BCUT2D eigenvalue weighted by molar-refractivity contribution is 7.11. The Morgan fingerprint density at radius 1 is 1.12 bits per heavy atom. The predicted octanol–water partition coefficient (Wildman–Crippen LogP) is 2.67. The van der Waals surface area contributed by atoms with E-state index in [0.717, 1.165) is 11.1 Å². The number of aromatic nitrogens is 1. The van der Waals surface area contributed by atoms with E-state index in [9.17, 15) is 19.2 Å². The van der Waals surface area contributed by atoms with Crippen molar-refractivity contribution in [1.29, 1.82) is 0 Å². The molecule has 1 unspecified atom stereocenters. The summed E-state index contributed by atoms with van der Waals surface area (Å²) in [6.45, 7) is 1.80. The van der Waals surface area contributed by atoms with Gasteiger partial charge in [-0.1, -0.05) is 48.5 Å². The lowest BCUT2D eigenvalue weighted by atomic mass is 10.1. The van der Waals surface area contributed by atoms with E-state index in [1.54, 1.807) is 24.4 Å². The molecule has 0 bridgehead atoms. The number of para-hydroxylation sites is 1. The molecule has 214 valence electrons. The van der Waals surface area contributed by atoms with Crippen LogP contribution in [0.15, 0.2) is 71.2 Å². The smallest absolute Gasteiger partial charge is 0.250 e. The van der Waals surface area contributed by atoms with Crippen molar-refractivity contribution >= 4 is 46.4 Å². The minimum Gasteiger partial charge on any atom is -0.388 e. The summed E-state index contributed by atoms with van der Waals surface area (Å²) in [5.41, 5.74) is 7.97. The summed E-state index contributed by atoms with van der Waals surface area (Å²) in [6, 6.07) is 15.1. The van der Waals surface area contributed by atoms with Crippen LogP contribution in [-0.4, -0.2) is 59.5 Å². The van der Waals surface area contributed by atoms with Crippen LogP contribution in [0.25, 0.3) is 0 Å². The highest BCUT2D eigenvalue weighted by Gasteiger charge is 2.33. The summed E-state index contributed by atoms with van der Waals surface area (Å²) < 4.78 is 0. The van der Waals surface area contributed by atoms with E-state index in [-0.39, 0.29) is 30.6 Å². The zero-order chi connectivity index (χ0) is 29.2. The van der Waals surface area contributed by atoms with Crippen molar-refractivity contribution in [2.24, 2.45) is 10.7 Å². The Balaban J connectivity index is 1.49. The number of hydrogen-bond donors (Lipinski definition) is 3. The van der Waals surface area contributed by atoms with Crippen LogP contribution in [-0.2, 0) is 27.2 Å². The van der Waals surface area contributed by atoms with Gasteiger partial charge in [-0.05, 0) is 49.8 Å². The quantitative estimate of drug-likeness (QED) is 0.131. The summed E-state index contributed by atoms with van der Waals surface area (Å²) >= 11 is 1.20. The number of nitrogens with one attached hydrogen (secondary N) is 2. The van der Waals surface area contributed by atoms with Gasteiger partial charge < -0.3 is 21.3 Å². The first-order valence-corrected chi connectivity index (χ1v) is 14.4.